The molecule has 1 aliphatic rings. The monoisotopic (exact) mass is 536 g/mol. The zero-order valence-corrected chi connectivity index (χ0v) is 20.7. The van der Waals surface area contributed by atoms with Crippen molar-refractivity contribution in [3.63, 3.8) is 0 Å². The molecule has 3 aromatic rings. The number of anilines is 2. The van der Waals surface area contributed by atoms with Gasteiger partial charge in [0.05, 0.1) is 16.9 Å². The molecule has 1 heterocycles. The summed E-state index contributed by atoms with van der Waals surface area (Å²) in [5.74, 6) is -2.99. The molecular weight excluding hydrogens is 514 g/mol. The first-order valence-electron chi connectivity index (χ1n) is 10.9. The number of halogens is 2. The quantitative estimate of drug-likeness (QED) is 0.457. The van der Waals surface area contributed by atoms with E-state index >= 15 is 0 Å². The molecule has 0 bridgehead atoms. The fraction of sp³-hybridized carbons (Fsp3) is 0.208. The van der Waals surface area contributed by atoms with E-state index in [1.54, 1.807) is 24.3 Å². The molecule has 4 rings (SSSR count). The van der Waals surface area contributed by atoms with Crippen LogP contribution in [0.1, 0.15) is 29.3 Å². The van der Waals surface area contributed by atoms with Crippen LogP contribution in [0.2, 0.25) is 0 Å². The second-order valence-corrected chi connectivity index (χ2v) is 11.9. The Morgan fingerprint density at radius 1 is 1.00 bits per heavy atom. The van der Waals surface area contributed by atoms with Gasteiger partial charge in [-0.15, -0.1) is 0 Å². The number of hydrogen-bond donors (Lipinski definition) is 1. The molecule has 1 N–H and O–H groups in total. The van der Waals surface area contributed by atoms with Crippen LogP contribution >= 0.6 is 0 Å². The number of ether oxygens (including phenoxy) is 1. The van der Waals surface area contributed by atoms with Gasteiger partial charge in [0.2, 0.25) is 5.44 Å². The summed E-state index contributed by atoms with van der Waals surface area (Å²) < 4.78 is 87.8. The highest BCUT2D eigenvalue weighted by atomic mass is 32.2. The smallest absolute Gasteiger partial charge is 0.339 e. The van der Waals surface area contributed by atoms with Crippen molar-refractivity contribution < 1.29 is 35.1 Å². The van der Waals surface area contributed by atoms with E-state index in [9.17, 15) is 30.4 Å². The number of benzene rings is 3. The molecule has 0 radical (unpaired) electrons. The number of fused-ring (bicyclic) bond motifs is 1. The van der Waals surface area contributed by atoms with Crippen molar-refractivity contribution >= 4 is 37.4 Å². The highest BCUT2D eigenvalue weighted by Crippen LogP contribution is 2.34. The molecule has 8 nitrogen and oxygen atoms in total. The molecule has 36 heavy (non-hydrogen) atoms. The third-order valence-electron chi connectivity index (χ3n) is 5.61. The molecule has 0 aliphatic carbocycles. The third kappa shape index (κ3) is 5.19. The maximum absolute atomic E-state index is 14.1. The van der Waals surface area contributed by atoms with Crippen LogP contribution in [0, 0.1) is 11.6 Å². The summed E-state index contributed by atoms with van der Waals surface area (Å²) in [6.45, 7) is 1.33. The number of carbonyl (C=O) groups is 1. The number of carbonyl (C=O) groups excluding carboxylic acids is 1. The van der Waals surface area contributed by atoms with Crippen LogP contribution in [0.25, 0.3) is 0 Å². The third-order valence-corrected chi connectivity index (χ3v) is 8.95. The summed E-state index contributed by atoms with van der Waals surface area (Å²) in [6, 6.07) is 14.3. The Bertz CT molecular complexity index is 1510. The van der Waals surface area contributed by atoms with E-state index in [0.29, 0.717) is 24.5 Å². The number of nitrogens with zero attached hydrogens (tertiary/aromatic N) is 1. The van der Waals surface area contributed by atoms with Crippen molar-refractivity contribution in [2.45, 2.75) is 30.1 Å². The van der Waals surface area contributed by atoms with Crippen molar-refractivity contribution in [3.8, 4) is 0 Å². The predicted molar refractivity (Wildman–Crippen MR) is 130 cm³/mol. The molecule has 0 spiro atoms. The molecule has 0 fully saturated rings. The Kier molecular flexibility index (Phi) is 7.01. The van der Waals surface area contributed by atoms with Gasteiger partial charge < -0.3 is 4.74 Å². The van der Waals surface area contributed by atoms with Crippen molar-refractivity contribution in [2.75, 3.05) is 15.6 Å². The van der Waals surface area contributed by atoms with Gasteiger partial charge in [0.25, 0.3) is 20.0 Å². The van der Waals surface area contributed by atoms with E-state index in [-0.39, 0.29) is 23.5 Å². The normalized spacial score (nSPS) is 14.6. The summed E-state index contributed by atoms with van der Waals surface area (Å²) in [4.78, 5) is 11.6. The van der Waals surface area contributed by atoms with Crippen molar-refractivity contribution in [2.24, 2.45) is 0 Å². The zero-order chi connectivity index (χ0) is 26.1. The van der Waals surface area contributed by atoms with Gasteiger partial charge in [0, 0.05) is 12.6 Å². The van der Waals surface area contributed by atoms with Gasteiger partial charge in [-0.25, -0.2) is 30.4 Å². The lowest BCUT2D eigenvalue weighted by Gasteiger charge is -2.32. The zero-order valence-electron chi connectivity index (χ0n) is 19.0. The summed E-state index contributed by atoms with van der Waals surface area (Å²) >= 11 is 0. The van der Waals surface area contributed by atoms with Crippen molar-refractivity contribution in [1.29, 1.82) is 0 Å². The SMILES string of the molecule is CC(OC(=O)c1ccccc1)S(=O)(=O)N1CCCc2ccc(NS(=O)(=O)c3ccc(F)cc3F)cc21. The Morgan fingerprint density at radius 3 is 2.42 bits per heavy atom. The van der Waals surface area contributed by atoms with Gasteiger partial charge in [-0.1, -0.05) is 24.3 Å². The first kappa shape index (κ1) is 25.6. The molecule has 3 aromatic carbocycles. The maximum atomic E-state index is 14.1. The summed E-state index contributed by atoms with van der Waals surface area (Å²) in [5, 5.41) is 0. The number of aryl methyl sites for hydroxylation is 1. The van der Waals surface area contributed by atoms with Gasteiger partial charge in [0.15, 0.2) is 0 Å². The summed E-state index contributed by atoms with van der Waals surface area (Å²) in [6.07, 6.45) is 1.04. The second kappa shape index (κ2) is 9.86. The average Bonchev–Trinajstić information content (AvgIpc) is 2.83. The number of sulfonamides is 2. The van der Waals surface area contributed by atoms with Gasteiger partial charge in [-0.05, 0) is 61.7 Å². The van der Waals surface area contributed by atoms with E-state index in [2.05, 4.69) is 4.72 Å². The largest absolute Gasteiger partial charge is 0.441 e. The lowest BCUT2D eigenvalue weighted by molar-refractivity contribution is 0.0467. The number of hydrogen-bond acceptors (Lipinski definition) is 6. The Hall–Kier alpha value is -3.51. The molecular formula is C24H22F2N2O6S2. The molecule has 12 heteroatoms. The number of nitrogens with one attached hydrogen (secondary N) is 1. The van der Waals surface area contributed by atoms with Crippen LogP contribution in [-0.2, 0) is 31.2 Å². The standard InChI is InChI=1S/C24H22F2N2O6S2/c1-16(34-24(29)18-6-3-2-4-7-18)36(32,33)28-13-5-8-17-9-11-20(15-22(17)28)27-35(30,31)23-12-10-19(25)14-21(23)26/h2-4,6-7,9-12,14-16,27H,5,8,13H2,1H3. The first-order valence-corrected chi connectivity index (χ1v) is 13.9. The highest BCUT2D eigenvalue weighted by Gasteiger charge is 2.35. The van der Waals surface area contributed by atoms with Crippen LogP contribution < -0.4 is 9.03 Å². The van der Waals surface area contributed by atoms with Crippen LogP contribution in [0.3, 0.4) is 0 Å². The van der Waals surface area contributed by atoms with Crippen LogP contribution in [-0.4, -0.2) is 34.8 Å². The molecule has 1 atom stereocenters. The van der Waals surface area contributed by atoms with Gasteiger partial charge >= 0.3 is 5.97 Å². The van der Waals surface area contributed by atoms with Crippen molar-refractivity contribution in [1.82, 2.24) is 0 Å². The van der Waals surface area contributed by atoms with Gasteiger partial charge in [0.1, 0.15) is 16.5 Å². The molecule has 1 aliphatic heterocycles. The minimum atomic E-state index is -4.43. The van der Waals surface area contributed by atoms with E-state index in [4.69, 9.17) is 4.74 Å². The minimum absolute atomic E-state index is 0.0199. The Labute approximate surface area is 207 Å². The first-order chi connectivity index (χ1) is 17.0. The maximum Gasteiger partial charge on any atom is 0.339 e. The van der Waals surface area contributed by atoms with Crippen LogP contribution in [0.5, 0.6) is 0 Å². The second-order valence-electron chi connectivity index (χ2n) is 8.08. The lowest BCUT2D eigenvalue weighted by atomic mass is 10.0. The van der Waals surface area contributed by atoms with E-state index in [1.165, 1.54) is 31.2 Å². The topological polar surface area (TPSA) is 110 Å². The van der Waals surface area contributed by atoms with Crippen LogP contribution in [0.4, 0.5) is 20.2 Å². The van der Waals surface area contributed by atoms with E-state index < -0.39 is 48.0 Å². The minimum Gasteiger partial charge on any atom is -0.441 e. The molecule has 0 aromatic heterocycles. The Morgan fingerprint density at radius 2 is 1.72 bits per heavy atom. The fourth-order valence-corrected chi connectivity index (χ4v) is 6.31. The summed E-state index contributed by atoms with van der Waals surface area (Å²) in [7, 11) is -8.62. The van der Waals surface area contributed by atoms with Crippen LogP contribution in [0.15, 0.2) is 71.6 Å². The molecule has 1 unspecified atom stereocenters. The highest BCUT2D eigenvalue weighted by molar-refractivity contribution is 7.93. The van der Waals surface area contributed by atoms with E-state index in [0.717, 1.165) is 16.4 Å². The average molecular weight is 537 g/mol. The van der Waals surface area contributed by atoms with Crippen molar-refractivity contribution in [3.05, 3.63) is 89.5 Å². The van der Waals surface area contributed by atoms with Gasteiger partial charge in [-0.2, -0.15) is 0 Å². The lowest BCUT2D eigenvalue weighted by Crippen LogP contribution is -2.42. The molecule has 190 valence electrons. The Balaban J connectivity index is 1.61. The van der Waals surface area contributed by atoms with Gasteiger partial charge in [-0.3, -0.25) is 9.03 Å². The predicted octanol–water partition coefficient (Wildman–Crippen LogP) is 4.05. The number of esters is 1. The number of rotatable bonds is 7. The summed E-state index contributed by atoms with van der Waals surface area (Å²) in [5.41, 5.74) is -0.493. The van der Waals surface area contributed by atoms with E-state index in [1.807, 2.05) is 0 Å². The molecule has 0 saturated heterocycles. The fourth-order valence-electron chi connectivity index (χ4n) is 3.81. The molecule has 0 saturated carbocycles. The molecule has 0 amide bonds.